The second kappa shape index (κ2) is 9.34. The predicted octanol–water partition coefficient (Wildman–Crippen LogP) is 4.20. The van der Waals surface area contributed by atoms with Crippen LogP contribution >= 0.6 is 0 Å². The molecule has 8 heteroatoms. The van der Waals surface area contributed by atoms with E-state index in [4.69, 9.17) is 4.74 Å². The minimum Gasteiger partial charge on any atom is -0.486 e. The van der Waals surface area contributed by atoms with Crippen molar-refractivity contribution in [3.63, 3.8) is 0 Å². The van der Waals surface area contributed by atoms with E-state index in [-0.39, 0.29) is 35.2 Å². The van der Waals surface area contributed by atoms with Crippen LogP contribution in [0.15, 0.2) is 54.6 Å². The summed E-state index contributed by atoms with van der Waals surface area (Å²) in [5.41, 5.74) is 1.66. The number of amides is 2. The number of pyridine rings is 1. The van der Waals surface area contributed by atoms with Crippen molar-refractivity contribution in [1.29, 1.82) is 0 Å². The molecule has 0 aliphatic heterocycles. The number of ether oxygens (including phenoxy) is 1. The van der Waals surface area contributed by atoms with Crippen LogP contribution in [0.2, 0.25) is 0 Å². The van der Waals surface area contributed by atoms with Crippen molar-refractivity contribution in [2.75, 3.05) is 19.4 Å². The van der Waals surface area contributed by atoms with Crippen LogP contribution in [-0.2, 0) is 6.61 Å². The SMILES string of the molecule is Cc1nc(C(=O)N(C)C)ccc1C(=O)Nc1ccc(OCc2cccc(F)c2)c(F)c1. The van der Waals surface area contributed by atoms with E-state index >= 15 is 0 Å². The van der Waals surface area contributed by atoms with Gasteiger partial charge >= 0.3 is 0 Å². The number of aryl methyl sites for hydroxylation is 1. The van der Waals surface area contributed by atoms with Crippen LogP contribution < -0.4 is 10.1 Å². The average molecular weight is 425 g/mol. The van der Waals surface area contributed by atoms with Gasteiger partial charge in [-0.1, -0.05) is 12.1 Å². The Morgan fingerprint density at radius 3 is 2.48 bits per heavy atom. The van der Waals surface area contributed by atoms with Crippen LogP contribution in [0.5, 0.6) is 5.75 Å². The van der Waals surface area contributed by atoms with Gasteiger partial charge in [0.15, 0.2) is 11.6 Å². The summed E-state index contributed by atoms with van der Waals surface area (Å²) in [7, 11) is 3.22. The number of nitrogens with zero attached hydrogens (tertiary/aromatic N) is 2. The molecule has 0 saturated carbocycles. The van der Waals surface area contributed by atoms with Crippen LogP contribution in [0.3, 0.4) is 0 Å². The van der Waals surface area contributed by atoms with Gasteiger partial charge in [0.25, 0.3) is 11.8 Å². The Morgan fingerprint density at radius 2 is 1.84 bits per heavy atom. The number of carbonyl (C=O) groups is 2. The smallest absolute Gasteiger partial charge is 0.271 e. The summed E-state index contributed by atoms with van der Waals surface area (Å²) in [5, 5.41) is 2.60. The van der Waals surface area contributed by atoms with Crippen molar-refractivity contribution >= 4 is 17.5 Å². The van der Waals surface area contributed by atoms with Crippen molar-refractivity contribution in [3.05, 3.63) is 88.7 Å². The molecule has 6 nitrogen and oxygen atoms in total. The van der Waals surface area contributed by atoms with E-state index in [2.05, 4.69) is 10.3 Å². The number of rotatable bonds is 6. The first kappa shape index (κ1) is 21.9. The van der Waals surface area contributed by atoms with Gasteiger partial charge in [-0.3, -0.25) is 9.59 Å². The molecule has 1 heterocycles. The lowest BCUT2D eigenvalue weighted by Gasteiger charge is -2.12. The minimum absolute atomic E-state index is 0.00324. The van der Waals surface area contributed by atoms with Crippen LogP contribution in [0.1, 0.15) is 32.1 Å². The number of aromatic nitrogens is 1. The first-order valence-corrected chi connectivity index (χ1v) is 9.42. The first-order valence-electron chi connectivity index (χ1n) is 9.42. The standard InChI is InChI=1S/C23H21F2N3O3/c1-14-18(8-9-20(26-14)23(30)28(2)3)22(29)27-17-7-10-21(19(25)12-17)31-13-15-5-4-6-16(24)11-15/h4-12H,13H2,1-3H3,(H,27,29). The highest BCUT2D eigenvalue weighted by Crippen LogP contribution is 2.23. The van der Waals surface area contributed by atoms with E-state index in [9.17, 15) is 18.4 Å². The molecule has 0 bridgehead atoms. The molecule has 0 spiro atoms. The molecule has 2 aromatic carbocycles. The lowest BCUT2D eigenvalue weighted by atomic mass is 10.1. The third-order valence-electron chi connectivity index (χ3n) is 4.43. The Balaban J connectivity index is 1.68. The van der Waals surface area contributed by atoms with Gasteiger partial charge in [0.2, 0.25) is 0 Å². The Labute approximate surface area is 178 Å². The zero-order valence-electron chi connectivity index (χ0n) is 17.3. The summed E-state index contributed by atoms with van der Waals surface area (Å²) < 4.78 is 33.0. The van der Waals surface area contributed by atoms with E-state index in [0.717, 1.165) is 6.07 Å². The Hall–Kier alpha value is -3.81. The number of hydrogen-bond donors (Lipinski definition) is 1. The summed E-state index contributed by atoms with van der Waals surface area (Å²) in [4.78, 5) is 30.1. The van der Waals surface area contributed by atoms with Crippen molar-refractivity contribution in [2.45, 2.75) is 13.5 Å². The van der Waals surface area contributed by atoms with E-state index in [1.54, 1.807) is 33.2 Å². The van der Waals surface area contributed by atoms with Crippen LogP contribution in [0, 0.1) is 18.6 Å². The average Bonchev–Trinajstić information content (AvgIpc) is 2.72. The van der Waals surface area contributed by atoms with Gasteiger partial charge in [-0.25, -0.2) is 13.8 Å². The van der Waals surface area contributed by atoms with Crippen molar-refractivity contribution < 1.29 is 23.1 Å². The zero-order chi connectivity index (χ0) is 22.5. The molecule has 1 N–H and O–H groups in total. The number of anilines is 1. The molecule has 2 amide bonds. The van der Waals surface area contributed by atoms with Gasteiger partial charge in [-0.2, -0.15) is 0 Å². The van der Waals surface area contributed by atoms with E-state index in [1.807, 2.05) is 0 Å². The molecule has 31 heavy (non-hydrogen) atoms. The van der Waals surface area contributed by atoms with Gasteiger partial charge in [0, 0.05) is 25.8 Å². The molecule has 0 aliphatic carbocycles. The highest BCUT2D eigenvalue weighted by atomic mass is 19.1. The minimum atomic E-state index is -0.670. The molecular formula is C23H21F2N3O3. The lowest BCUT2D eigenvalue weighted by Crippen LogP contribution is -2.23. The fourth-order valence-electron chi connectivity index (χ4n) is 2.83. The van der Waals surface area contributed by atoms with Crippen LogP contribution in [0.4, 0.5) is 14.5 Å². The zero-order valence-corrected chi connectivity index (χ0v) is 17.3. The summed E-state index contributed by atoms with van der Waals surface area (Å²) in [5.74, 6) is -1.85. The quantitative estimate of drug-likeness (QED) is 0.643. The highest BCUT2D eigenvalue weighted by Gasteiger charge is 2.16. The third kappa shape index (κ3) is 5.42. The highest BCUT2D eigenvalue weighted by molar-refractivity contribution is 6.05. The maximum absolute atomic E-state index is 14.4. The number of carbonyl (C=O) groups excluding carboxylic acids is 2. The molecule has 160 valence electrons. The number of halogens is 2. The van der Waals surface area contributed by atoms with E-state index in [0.29, 0.717) is 11.3 Å². The fraction of sp³-hybridized carbons (Fsp3) is 0.174. The van der Waals surface area contributed by atoms with Gasteiger partial charge in [-0.05, 0) is 48.9 Å². The number of nitrogens with one attached hydrogen (secondary N) is 1. The summed E-state index contributed by atoms with van der Waals surface area (Å²) in [6, 6.07) is 12.8. The molecule has 3 rings (SSSR count). The fourth-order valence-corrected chi connectivity index (χ4v) is 2.83. The lowest BCUT2D eigenvalue weighted by molar-refractivity contribution is 0.0821. The van der Waals surface area contributed by atoms with Crippen LogP contribution in [0.25, 0.3) is 0 Å². The van der Waals surface area contributed by atoms with Gasteiger partial charge in [0.1, 0.15) is 18.1 Å². The summed E-state index contributed by atoms with van der Waals surface area (Å²) in [6.07, 6.45) is 0. The topological polar surface area (TPSA) is 71.5 Å². The molecular weight excluding hydrogens is 404 g/mol. The Morgan fingerprint density at radius 1 is 1.06 bits per heavy atom. The number of benzene rings is 2. The van der Waals surface area contributed by atoms with E-state index < -0.39 is 17.5 Å². The Kier molecular flexibility index (Phi) is 6.59. The number of hydrogen-bond acceptors (Lipinski definition) is 4. The van der Waals surface area contributed by atoms with Gasteiger partial charge in [-0.15, -0.1) is 0 Å². The molecule has 1 aromatic heterocycles. The van der Waals surface area contributed by atoms with Gasteiger partial charge in [0.05, 0.1) is 11.3 Å². The molecule has 0 fully saturated rings. The molecule has 0 unspecified atom stereocenters. The van der Waals surface area contributed by atoms with Crippen LogP contribution in [-0.4, -0.2) is 35.8 Å². The summed E-state index contributed by atoms with van der Waals surface area (Å²) >= 11 is 0. The second-order valence-electron chi connectivity index (χ2n) is 7.05. The molecule has 0 atom stereocenters. The first-order chi connectivity index (χ1) is 14.7. The maximum atomic E-state index is 14.4. The Bertz CT molecular complexity index is 1130. The molecule has 0 radical (unpaired) electrons. The normalized spacial score (nSPS) is 10.5. The maximum Gasteiger partial charge on any atom is 0.271 e. The molecule has 0 aliphatic rings. The third-order valence-corrected chi connectivity index (χ3v) is 4.43. The molecule has 0 saturated heterocycles. The second-order valence-corrected chi connectivity index (χ2v) is 7.05. The van der Waals surface area contributed by atoms with Crippen molar-refractivity contribution in [2.24, 2.45) is 0 Å². The summed E-state index contributed by atoms with van der Waals surface area (Å²) in [6.45, 7) is 1.62. The largest absolute Gasteiger partial charge is 0.486 e. The van der Waals surface area contributed by atoms with E-state index in [1.165, 1.54) is 41.3 Å². The van der Waals surface area contributed by atoms with Gasteiger partial charge < -0.3 is 15.0 Å². The monoisotopic (exact) mass is 425 g/mol. The predicted molar refractivity (Wildman–Crippen MR) is 112 cm³/mol. The molecule has 3 aromatic rings. The van der Waals surface area contributed by atoms with Crippen molar-refractivity contribution in [3.8, 4) is 5.75 Å². The van der Waals surface area contributed by atoms with Crippen molar-refractivity contribution in [1.82, 2.24) is 9.88 Å².